The largest absolute Gasteiger partial charge is 0.381 e. The number of hydrogen-bond acceptors (Lipinski definition) is 3. The van der Waals surface area contributed by atoms with Crippen molar-refractivity contribution in [2.75, 3.05) is 12.4 Å². The Balaban J connectivity index is 2.16. The molecule has 1 spiro atoms. The van der Waals surface area contributed by atoms with Crippen molar-refractivity contribution in [3.05, 3.63) is 47.5 Å². The minimum atomic E-state index is -0.961. The van der Waals surface area contributed by atoms with Gasteiger partial charge in [0.25, 0.3) is 0 Å². The Kier molecular flexibility index (Phi) is 1.99. The van der Waals surface area contributed by atoms with Gasteiger partial charge in [0.2, 0.25) is 0 Å². The molecule has 2 atom stereocenters. The predicted octanol–water partition coefficient (Wildman–Crippen LogP) is 2.98. The lowest BCUT2D eigenvalue weighted by Crippen LogP contribution is -2.40. The molecule has 1 fully saturated rings. The summed E-state index contributed by atoms with van der Waals surface area (Å²) in [6, 6.07) is 12.4. The molecule has 4 rings (SSSR count). The number of aliphatic hydroxyl groups is 1. The number of thioether (sulfide) groups is 1. The lowest BCUT2D eigenvalue weighted by molar-refractivity contribution is -0.113. The number of benzene rings is 2. The molecule has 0 bridgehead atoms. The number of ether oxygens (including phenoxy) is 1. The summed E-state index contributed by atoms with van der Waals surface area (Å²) in [6.07, 6.45) is 0. The van der Waals surface area contributed by atoms with Gasteiger partial charge < -0.3 is 9.84 Å². The average Bonchev–Trinajstić information content (AvgIpc) is 2.93. The molecule has 2 aromatic rings. The molecule has 1 aliphatic heterocycles. The Morgan fingerprint density at radius 2 is 1.89 bits per heavy atom. The van der Waals surface area contributed by atoms with E-state index in [1.54, 1.807) is 11.8 Å². The van der Waals surface area contributed by atoms with Crippen molar-refractivity contribution >= 4 is 22.5 Å². The summed E-state index contributed by atoms with van der Waals surface area (Å²) < 4.78 is 6.00. The third-order valence-corrected chi connectivity index (χ3v) is 5.63. The van der Waals surface area contributed by atoms with Crippen LogP contribution in [-0.2, 0) is 15.3 Å². The number of hydrogen-bond donors (Lipinski definition) is 1. The predicted molar refractivity (Wildman–Crippen MR) is 73.6 cm³/mol. The highest BCUT2D eigenvalue weighted by atomic mass is 32.2. The van der Waals surface area contributed by atoms with Crippen LogP contribution in [0.25, 0.3) is 10.8 Å². The highest BCUT2D eigenvalue weighted by molar-refractivity contribution is 8.00. The van der Waals surface area contributed by atoms with Gasteiger partial charge in [-0.15, -0.1) is 11.8 Å². The molecular weight excluding hydrogens is 244 g/mol. The molecule has 92 valence electrons. The maximum absolute atomic E-state index is 11.0. The van der Waals surface area contributed by atoms with Crippen LogP contribution in [0.4, 0.5) is 0 Å². The Bertz CT molecular complexity index is 637. The van der Waals surface area contributed by atoms with Crippen LogP contribution < -0.4 is 0 Å². The minimum Gasteiger partial charge on any atom is -0.381 e. The molecule has 2 nitrogen and oxygen atoms in total. The van der Waals surface area contributed by atoms with E-state index in [0.717, 1.165) is 16.9 Å². The van der Waals surface area contributed by atoms with E-state index in [0.29, 0.717) is 6.61 Å². The van der Waals surface area contributed by atoms with E-state index in [2.05, 4.69) is 18.2 Å². The zero-order valence-electron chi connectivity index (χ0n) is 10.1. The smallest absolute Gasteiger partial charge is 0.172 e. The van der Waals surface area contributed by atoms with Gasteiger partial charge in [0.05, 0.1) is 6.61 Å². The zero-order valence-corrected chi connectivity index (χ0v) is 11.0. The second kappa shape index (κ2) is 3.29. The first kappa shape index (κ1) is 10.9. The van der Waals surface area contributed by atoms with Crippen molar-refractivity contribution in [1.29, 1.82) is 0 Å². The third-order valence-electron chi connectivity index (χ3n) is 4.12. The van der Waals surface area contributed by atoms with Crippen molar-refractivity contribution in [2.24, 2.45) is 0 Å². The second-order valence-electron chi connectivity index (χ2n) is 5.09. The molecule has 18 heavy (non-hydrogen) atoms. The fourth-order valence-corrected chi connectivity index (χ4v) is 4.65. The molecule has 0 amide bonds. The van der Waals surface area contributed by atoms with Crippen molar-refractivity contribution < 1.29 is 9.84 Å². The maximum atomic E-state index is 11.0. The fourth-order valence-electron chi connectivity index (χ4n) is 3.31. The molecule has 0 saturated carbocycles. The molecule has 1 aliphatic carbocycles. The van der Waals surface area contributed by atoms with Gasteiger partial charge in [-0.3, -0.25) is 0 Å². The van der Waals surface area contributed by atoms with Crippen LogP contribution in [0.2, 0.25) is 0 Å². The molecule has 1 heterocycles. The first-order valence-corrected chi connectivity index (χ1v) is 7.18. The maximum Gasteiger partial charge on any atom is 0.172 e. The summed E-state index contributed by atoms with van der Waals surface area (Å²) in [5.74, 6) is 0.931. The molecule has 1 saturated heterocycles. The van der Waals surface area contributed by atoms with Gasteiger partial charge in [-0.25, -0.2) is 0 Å². The summed E-state index contributed by atoms with van der Waals surface area (Å²) in [6.45, 7) is 2.57. The van der Waals surface area contributed by atoms with Crippen molar-refractivity contribution in [2.45, 2.75) is 17.5 Å². The second-order valence-corrected chi connectivity index (χ2v) is 6.37. The SMILES string of the molecule is C[C@@]1(O)c2cccc3cccc(c23)[C@]12OCCS2. The van der Waals surface area contributed by atoms with Gasteiger partial charge in [-0.2, -0.15) is 0 Å². The Labute approximate surface area is 110 Å². The first-order chi connectivity index (χ1) is 8.67. The quantitative estimate of drug-likeness (QED) is 0.787. The van der Waals surface area contributed by atoms with Gasteiger partial charge in [-0.05, 0) is 23.3 Å². The first-order valence-electron chi connectivity index (χ1n) is 6.20. The van der Waals surface area contributed by atoms with Gasteiger partial charge >= 0.3 is 0 Å². The average molecular weight is 258 g/mol. The van der Waals surface area contributed by atoms with Crippen LogP contribution in [0.5, 0.6) is 0 Å². The number of fused-ring (bicyclic) bond motifs is 1. The van der Waals surface area contributed by atoms with Gasteiger partial charge in [0.15, 0.2) is 4.93 Å². The van der Waals surface area contributed by atoms with Crippen molar-refractivity contribution in [3.63, 3.8) is 0 Å². The van der Waals surface area contributed by atoms with E-state index in [1.165, 1.54) is 10.8 Å². The van der Waals surface area contributed by atoms with Crippen LogP contribution in [0.1, 0.15) is 18.1 Å². The van der Waals surface area contributed by atoms with Gasteiger partial charge in [-0.1, -0.05) is 36.4 Å². The molecule has 0 aromatic heterocycles. The summed E-state index contributed by atoms with van der Waals surface area (Å²) >= 11 is 1.72. The molecular formula is C15H14O2S. The third kappa shape index (κ3) is 1.04. The summed E-state index contributed by atoms with van der Waals surface area (Å²) in [5, 5.41) is 13.4. The van der Waals surface area contributed by atoms with Gasteiger partial charge in [0, 0.05) is 11.3 Å². The molecule has 0 radical (unpaired) electrons. The van der Waals surface area contributed by atoms with E-state index in [9.17, 15) is 5.11 Å². The number of rotatable bonds is 0. The monoisotopic (exact) mass is 258 g/mol. The summed E-state index contributed by atoms with van der Waals surface area (Å²) in [7, 11) is 0. The minimum absolute atomic E-state index is 0.615. The standard InChI is InChI=1S/C15H14O2S/c1-14(16)11-6-2-4-10-5-3-7-12(13(10)11)15(14)17-8-9-18-15/h2-7,16H,8-9H2,1H3/t14-,15-/m1/s1. The highest BCUT2D eigenvalue weighted by Crippen LogP contribution is 2.61. The summed E-state index contributed by atoms with van der Waals surface area (Å²) in [5.41, 5.74) is 1.16. The van der Waals surface area contributed by atoms with Crippen LogP contribution in [0.3, 0.4) is 0 Å². The lowest BCUT2D eigenvalue weighted by Gasteiger charge is -2.36. The van der Waals surface area contributed by atoms with E-state index in [4.69, 9.17) is 4.74 Å². The molecule has 0 unspecified atom stereocenters. The molecule has 2 aromatic carbocycles. The van der Waals surface area contributed by atoms with E-state index >= 15 is 0 Å². The zero-order chi connectivity index (χ0) is 12.4. The Hall–Kier alpha value is -1.03. The van der Waals surface area contributed by atoms with E-state index in [-0.39, 0.29) is 0 Å². The van der Waals surface area contributed by atoms with Gasteiger partial charge in [0.1, 0.15) is 5.60 Å². The molecule has 3 heteroatoms. The fraction of sp³-hybridized carbons (Fsp3) is 0.333. The normalized spacial score (nSPS) is 33.7. The van der Waals surface area contributed by atoms with Crippen LogP contribution in [0, 0.1) is 0 Å². The van der Waals surface area contributed by atoms with E-state index < -0.39 is 10.5 Å². The molecule has 1 N–H and O–H groups in total. The van der Waals surface area contributed by atoms with Crippen molar-refractivity contribution in [3.8, 4) is 0 Å². The van der Waals surface area contributed by atoms with Crippen LogP contribution in [0.15, 0.2) is 36.4 Å². The Morgan fingerprint density at radius 3 is 2.56 bits per heavy atom. The highest BCUT2D eigenvalue weighted by Gasteiger charge is 2.59. The lowest BCUT2D eigenvalue weighted by atomic mass is 9.94. The molecule has 2 aliphatic rings. The van der Waals surface area contributed by atoms with Crippen molar-refractivity contribution in [1.82, 2.24) is 0 Å². The Morgan fingerprint density at radius 1 is 1.17 bits per heavy atom. The van der Waals surface area contributed by atoms with Crippen LogP contribution >= 0.6 is 11.8 Å². The summed E-state index contributed by atoms with van der Waals surface area (Å²) in [4.78, 5) is -0.615. The topological polar surface area (TPSA) is 29.5 Å². The van der Waals surface area contributed by atoms with Crippen LogP contribution in [-0.4, -0.2) is 17.5 Å². The van der Waals surface area contributed by atoms with E-state index in [1.807, 2.05) is 25.1 Å².